The van der Waals surface area contributed by atoms with Gasteiger partial charge < -0.3 is 21.5 Å². The van der Waals surface area contributed by atoms with E-state index in [0.29, 0.717) is 0 Å². The number of likely N-dealkylation sites (N-methyl/N-ethyl adjacent to an activating group) is 1. The van der Waals surface area contributed by atoms with Gasteiger partial charge in [0, 0.05) is 6.54 Å². The number of carboxylic acid groups (broad SMARTS) is 1. The maximum absolute atomic E-state index is 10.7. The van der Waals surface area contributed by atoms with Crippen LogP contribution >= 0.6 is 0 Å². The maximum atomic E-state index is 10.7. The quantitative estimate of drug-likeness (QED) is 0.377. The lowest BCUT2D eigenvalue weighted by Gasteiger charge is -2.07. The Morgan fingerprint density at radius 3 is 2.58 bits per heavy atom. The zero-order chi connectivity index (χ0) is 9.56. The minimum absolute atomic E-state index is 0.0458. The summed E-state index contributed by atoms with van der Waals surface area (Å²) in [4.78, 5) is 20.9. The SMILES string of the molecule is CNCC(=O)NC[C@H](N)C(=O)O. The zero-order valence-electron chi connectivity index (χ0n) is 6.83. The van der Waals surface area contributed by atoms with E-state index in [4.69, 9.17) is 10.8 Å². The molecule has 0 heterocycles. The molecule has 0 saturated heterocycles. The number of hydrogen-bond acceptors (Lipinski definition) is 4. The Bertz CT molecular complexity index is 171. The molecule has 1 amide bonds. The van der Waals surface area contributed by atoms with E-state index in [2.05, 4.69) is 10.6 Å². The molecule has 0 aromatic rings. The van der Waals surface area contributed by atoms with Crippen molar-refractivity contribution in [1.29, 1.82) is 0 Å². The molecule has 0 aliphatic rings. The van der Waals surface area contributed by atoms with Gasteiger partial charge in [-0.25, -0.2) is 0 Å². The highest BCUT2D eigenvalue weighted by molar-refractivity contribution is 5.79. The highest BCUT2D eigenvalue weighted by atomic mass is 16.4. The first-order chi connectivity index (χ1) is 5.57. The molecule has 0 aliphatic carbocycles. The summed E-state index contributed by atoms with van der Waals surface area (Å²) >= 11 is 0. The van der Waals surface area contributed by atoms with Gasteiger partial charge in [0.1, 0.15) is 6.04 Å². The smallest absolute Gasteiger partial charge is 0.322 e. The van der Waals surface area contributed by atoms with E-state index < -0.39 is 12.0 Å². The predicted octanol–water partition coefficient (Wildman–Crippen LogP) is -2.27. The van der Waals surface area contributed by atoms with Gasteiger partial charge in [-0.1, -0.05) is 0 Å². The third kappa shape index (κ3) is 4.64. The van der Waals surface area contributed by atoms with Crippen molar-refractivity contribution in [3.05, 3.63) is 0 Å². The topological polar surface area (TPSA) is 104 Å². The fraction of sp³-hybridized carbons (Fsp3) is 0.667. The van der Waals surface area contributed by atoms with E-state index in [0.717, 1.165) is 0 Å². The van der Waals surface area contributed by atoms with Crippen molar-refractivity contribution in [2.75, 3.05) is 20.1 Å². The molecule has 0 fully saturated rings. The molecular formula is C6H13N3O3. The minimum Gasteiger partial charge on any atom is -0.480 e. The van der Waals surface area contributed by atoms with E-state index in [9.17, 15) is 9.59 Å². The minimum atomic E-state index is -1.13. The number of hydrogen-bond donors (Lipinski definition) is 4. The lowest BCUT2D eigenvalue weighted by Crippen LogP contribution is -2.44. The molecule has 70 valence electrons. The van der Waals surface area contributed by atoms with Crippen molar-refractivity contribution in [3.8, 4) is 0 Å². The van der Waals surface area contributed by atoms with Crippen LogP contribution in [0.15, 0.2) is 0 Å². The van der Waals surface area contributed by atoms with E-state index >= 15 is 0 Å². The van der Waals surface area contributed by atoms with Gasteiger partial charge >= 0.3 is 5.97 Å². The standard InChI is InChI=1S/C6H13N3O3/c1-8-3-5(10)9-2-4(7)6(11)12/h4,8H,2-3,7H2,1H3,(H,9,10)(H,11,12)/t4-/m0/s1. The van der Waals surface area contributed by atoms with Crippen LogP contribution in [0.4, 0.5) is 0 Å². The Morgan fingerprint density at radius 2 is 2.17 bits per heavy atom. The molecule has 1 atom stereocenters. The molecule has 0 aromatic heterocycles. The summed E-state index contributed by atoms with van der Waals surface area (Å²) in [5, 5.41) is 13.3. The Balaban J connectivity index is 3.54. The predicted molar refractivity (Wildman–Crippen MR) is 42.5 cm³/mol. The monoisotopic (exact) mass is 175 g/mol. The second-order valence-corrected chi connectivity index (χ2v) is 2.28. The average Bonchev–Trinajstić information content (AvgIpc) is 2.00. The fourth-order valence-electron chi connectivity index (χ4n) is 0.534. The van der Waals surface area contributed by atoms with Gasteiger partial charge in [-0.3, -0.25) is 9.59 Å². The molecule has 0 saturated carbocycles. The third-order valence-corrected chi connectivity index (χ3v) is 1.17. The number of aliphatic carboxylic acids is 1. The van der Waals surface area contributed by atoms with Crippen molar-refractivity contribution in [3.63, 3.8) is 0 Å². The van der Waals surface area contributed by atoms with E-state index in [1.807, 2.05) is 0 Å². The fourth-order valence-corrected chi connectivity index (χ4v) is 0.534. The molecule has 12 heavy (non-hydrogen) atoms. The lowest BCUT2D eigenvalue weighted by atomic mass is 10.3. The van der Waals surface area contributed by atoms with Crippen LogP contribution < -0.4 is 16.4 Å². The van der Waals surface area contributed by atoms with Gasteiger partial charge in [-0.05, 0) is 7.05 Å². The summed E-state index contributed by atoms with van der Waals surface area (Å²) < 4.78 is 0. The number of nitrogens with two attached hydrogens (primary N) is 1. The van der Waals surface area contributed by atoms with Crippen molar-refractivity contribution in [1.82, 2.24) is 10.6 Å². The molecule has 0 radical (unpaired) electrons. The van der Waals surface area contributed by atoms with Crippen molar-refractivity contribution in [2.24, 2.45) is 5.73 Å². The summed E-state index contributed by atoms with van der Waals surface area (Å²) in [5.74, 6) is -1.39. The number of carbonyl (C=O) groups is 2. The Morgan fingerprint density at radius 1 is 1.58 bits per heavy atom. The van der Waals surface area contributed by atoms with Crippen LogP contribution in [0.25, 0.3) is 0 Å². The number of rotatable bonds is 5. The van der Waals surface area contributed by atoms with E-state index in [1.165, 1.54) is 0 Å². The number of carboxylic acids is 1. The average molecular weight is 175 g/mol. The van der Waals surface area contributed by atoms with Crippen LogP contribution in [0.1, 0.15) is 0 Å². The van der Waals surface area contributed by atoms with Crippen LogP contribution in [0.5, 0.6) is 0 Å². The molecule has 0 aliphatic heterocycles. The molecule has 6 nitrogen and oxygen atoms in total. The van der Waals surface area contributed by atoms with Gasteiger partial charge in [0.15, 0.2) is 0 Å². The highest BCUT2D eigenvalue weighted by Crippen LogP contribution is 1.74. The number of nitrogens with one attached hydrogen (secondary N) is 2. The van der Waals surface area contributed by atoms with Gasteiger partial charge in [0.05, 0.1) is 6.54 Å². The van der Waals surface area contributed by atoms with E-state index in [1.54, 1.807) is 7.05 Å². The summed E-state index contributed by atoms with van der Waals surface area (Å²) in [5.41, 5.74) is 5.13. The second kappa shape index (κ2) is 5.50. The van der Waals surface area contributed by atoms with Crippen LogP contribution in [0.3, 0.4) is 0 Å². The van der Waals surface area contributed by atoms with Crippen molar-refractivity contribution in [2.45, 2.75) is 6.04 Å². The van der Waals surface area contributed by atoms with Crippen LogP contribution in [-0.4, -0.2) is 43.2 Å². The zero-order valence-corrected chi connectivity index (χ0v) is 6.83. The van der Waals surface area contributed by atoms with Crippen molar-refractivity contribution < 1.29 is 14.7 Å². The first kappa shape index (κ1) is 10.9. The Hall–Kier alpha value is -1.14. The molecular weight excluding hydrogens is 162 g/mol. The first-order valence-corrected chi connectivity index (χ1v) is 3.47. The molecule has 0 rings (SSSR count). The summed E-state index contributed by atoms with van der Waals surface area (Å²) in [6, 6.07) is -1.04. The Kier molecular flexibility index (Phi) is 4.98. The van der Waals surface area contributed by atoms with Gasteiger partial charge in [-0.2, -0.15) is 0 Å². The summed E-state index contributed by atoms with van der Waals surface area (Å²) in [7, 11) is 1.62. The number of carbonyl (C=O) groups excluding carboxylic acids is 1. The first-order valence-electron chi connectivity index (χ1n) is 3.47. The van der Waals surface area contributed by atoms with Gasteiger partial charge in [0.25, 0.3) is 0 Å². The lowest BCUT2D eigenvalue weighted by molar-refractivity contribution is -0.138. The molecule has 0 unspecified atom stereocenters. The molecule has 6 heteroatoms. The molecule has 0 aromatic carbocycles. The van der Waals surface area contributed by atoms with E-state index in [-0.39, 0.29) is 19.0 Å². The normalized spacial score (nSPS) is 12.2. The van der Waals surface area contributed by atoms with Crippen LogP contribution in [-0.2, 0) is 9.59 Å². The summed E-state index contributed by atoms with van der Waals surface area (Å²) in [6.45, 7) is 0.113. The Labute approximate surface area is 70.1 Å². The maximum Gasteiger partial charge on any atom is 0.322 e. The molecule has 5 N–H and O–H groups in total. The largest absolute Gasteiger partial charge is 0.480 e. The van der Waals surface area contributed by atoms with Gasteiger partial charge in [0.2, 0.25) is 5.91 Å². The van der Waals surface area contributed by atoms with Crippen molar-refractivity contribution >= 4 is 11.9 Å². The third-order valence-electron chi connectivity index (χ3n) is 1.17. The highest BCUT2D eigenvalue weighted by Gasteiger charge is 2.11. The van der Waals surface area contributed by atoms with Crippen LogP contribution in [0, 0.1) is 0 Å². The van der Waals surface area contributed by atoms with Gasteiger partial charge in [-0.15, -0.1) is 0 Å². The second-order valence-electron chi connectivity index (χ2n) is 2.28. The number of amides is 1. The summed E-state index contributed by atoms with van der Waals surface area (Å²) in [6.07, 6.45) is 0. The molecule has 0 spiro atoms. The molecule has 0 bridgehead atoms. The van der Waals surface area contributed by atoms with Crippen LogP contribution in [0.2, 0.25) is 0 Å².